The lowest BCUT2D eigenvalue weighted by molar-refractivity contribution is 0.177. The molecule has 7 heteroatoms. The van der Waals surface area contributed by atoms with Crippen molar-refractivity contribution < 1.29 is 18.7 Å². The minimum atomic E-state index is -3.56. The van der Waals surface area contributed by atoms with Crippen LogP contribution in [-0.2, 0) is 13.6 Å². The normalized spacial score (nSPS) is 14.0. The highest BCUT2D eigenvalue weighted by Gasteiger charge is 2.35. The second-order valence-corrected chi connectivity index (χ2v) is 6.93. The zero-order valence-corrected chi connectivity index (χ0v) is 12.4. The second kappa shape index (κ2) is 5.15. The number of halogens is 1. The molecule has 1 heterocycles. The Morgan fingerprint density at radius 3 is 2.67 bits per heavy atom. The van der Waals surface area contributed by atoms with Crippen molar-refractivity contribution >= 4 is 34.4 Å². The Morgan fingerprint density at radius 2 is 2.06 bits per heavy atom. The van der Waals surface area contributed by atoms with E-state index >= 15 is 0 Å². The Labute approximate surface area is 113 Å². The van der Waals surface area contributed by atoms with Crippen molar-refractivity contribution in [3.63, 3.8) is 0 Å². The Balaban J connectivity index is 2.54. The standard InChI is InChI=1S/C11H13BrNO4P/c1-16-18(15,17-2)11(14)9-6-13-10-4-3-7(12)5-8(9)10/h3-6,11,13-14H,1-2H3/t11-/m0/s1. The number of aromatic amines is 1. The fraction of sp³-hybridized carbons (Fsp3) is 0.273. The first-order chi connectivity index (χ1) is 8.51. The van der Waals surface area contributed by atoms with Crippen LogP contribution < -0.4 is 0 Å². The van der Waals surface area contributed by atoms with Gasteiger partial charge in [-0.1, -0.05) is 15.9 Å². The number of aliphatic hydroxyl groups excluding tert-OH is 1. The molecule has 1 aromatic heterocycles. The molecular weight excluding hydrogens is 321 g/mol. The second-order valence-electron chi connectivity index (χ2n) is 3.71. The molecule has 0 radical (unpaired) electrons. The van der Waals surface area contributed by atoms with E-state index in [0.29, 0.717) is 5.56 Å². The molecule has 2 rings (SSSR count). The van der Waals surface area contributed by atoms with Gasteiger partial charge >= 0.3 is 7.60 Å². The molecule has 0 aliphatic carbocycles. The molecule has 98 valence electrons. The third-order valence-electron chi connectivity index (χ3n) is 2.76. The molecule has 0 spiro atoms. The number of aromatic nitrogens is 1. The number of hydrogen-bond donors (Lipinski definition) is 2. The van der Waals surface area contributed by atoms with E-state index in [4.69, 9.17) is 9.05 Å². The van der Waals surface area contributed by atoms with Crippen LogP contribution in [0.25, 0.3) is 10.9 Å². The number of benzene rings is 1. The molecule has 2 N–H and O–H groups in total. The van der Waals surface area contributed by atoms with Gasteiger partial charge in [0.25, 0.3) is 0 Å². The zero-order chi connectivity index (χ0) is 13.3. The topological polar surface area (TPSA) is 71.6 Å². The number of aliphatic hydroxyl groups is 1. The van der Waals surface area contributed by atoms with Gasteiger partial charge in [-0.3, -0.25) is 4.57 Å². The monoisotopic (exact) mass is 333 g/mol. The summed E-state index contributed by atoms with van der Waals surface area (Å²) in [6.07, 6.45) is 1.60. The number of H-pyrrole nitrogens is 1. The lowest BCUT2D eigenvalue weighted by atomic mass is 10.2. The van der Waals surface area contributed by atoms with Crippen LogP contribution in [0.2, 0.25) is 0 Å². The van der Waals surface area contributed by atoms with Gasteiger partial charge in [0, 0.05) is 41.4 Å². The van der Waals surface area contributed by atoms with Crippen LogP contribution >= 0.6 is 23.5 Å². The lowest BCUT2D eigenvalue weighted by Crippen LogP contribution is -2.02. The van der Waals surface area contributed by atoms with Gasteiger partial charge in [0.05, 0.1) is 0 Å². The maximum absolute atomic E-state index is 12.2. The summed E-state index contributed by atoms with van der Waals surface area (Å²) in [5.74, 6) is -1.32. The Morgan fingerprint density at radius 1 is 1.39 bits per heavy atom. The SMILES string of the molecule is COP(=O)(OC)[C@H](O)c1c[nH]c2ccc(Br)cc12. The summed E-state index contributed by atoms with van der Waals surface area (Å²) in [5.41, 5.74) is 1.32. The van der Waals surface area contributed by atoms with Crippen LogP contribution in [0.4, 0.5) is 0 Å². The Bertz CT molecular complexity index is 604. The summed E-state index contributed by atoms with van der Waals surface area (Å²) in [6, 6.07) is 5.57. The predicted octanol–water partition coefficient (Wildman–Crippen LogP) is 3.41. The highest BCUT2D eigenvalue weighted by Crippen LogP contribution is 2.59. The maximum Gasteiger partial charge on any atom is 0.362 e. The largest absolute Gasteiger partial charge is 0.376 e. The van der Waals surface area contributed by atoms with E-state index in [2.05, 4.69) is 20.9 Å². The van der Waals surface area contributed by atoms with Gasteiger partial charge in [-0.2, -0.15) is 0 Å². The van der Waals surface area contributed by atoms with Crippen LogP contribution in [0, 0.1) is 0 Å². The molecular formula is C11H13BrNO4P. The summed E-state index contributed by atoms with van der Waals surface area (Å²) < 4.78 is 22.6. The Kier molecular flexibility index (Phi) is 3.94. The fourth-order valence-corrected chi connectivity index (χ4v) is 3.24. The highest BCUT2D eigenvalue weighted by atomic mass is 79.9. The number of rotatable bonds is 4. The minimum absolute atomic E-state index is 0.485. The zero-order valence-electron chi connectivity index (χ0n) is 9.88. The highest BCUT2D eigenvalue weighted by molar-refractivity contribution is 9.10. The molecule has 0 saturated heterocycles. The number of hydrogen-bond acceptors (Lipinski definition) is 4. The van der Waals surface area contributed by atoms with Gasteiger partial charge in [0.15, 0.2) is 5.85 Å². The molecule has 0 aliphatic heterocycles. The van der Waals surface area contributed by atoms with E-state index in [1.54, 1.807) is 6.20 Å². The van der Waals surface area contributed by atoms with E-state index in [0.717, 1.165) is 15.4 Å². The van der Waals surface area contributed by atoms with Crippen molar-refractivity contribution in [2.75, 3.05) is 14.2 Å². The number of nitrogens with one attached hydrogen (secondary N) is 1. The van der Waals surface area contributed by atoms with E-state index in [1.807, 2.05) is 18.2 Å². The fourth-order valence-electron chi connectivity index (χ4n) is 1.77. The third-order valence-corrected chi connectivity index (χ3v) is 5.15. The summed E-state index contributed by atoms with van der Waals surface area (Å²) in [4.78, 5) is 3.00. The molecule has 1 atom stereocenters. The van der Waals surface area contributed by atoms with E-state index in [-0.39, 0.29) is 0 Å². The van der Waals surface area contributed by atoms with Crippen molar-refractivity contribution in [3.8, 4) is 0 Å². The average Bonchev–Trinajstić information content (AvgIpc) is 2.79. The van der Waals surface area contributed by atoms with Crippen LogP contribution in [-0.4, -0.2) is 24.3 Å². The van der Waals surface area contributed by atoms with E-state index < -0.39 is 13.4 Å². The van der Waals surface area contributed by atoms with Crippen molar-refractivity contribution in [2.24, 2.45) is 0 Å². The van der Waals surface area contributed by atoms with Crippen molar-refractivity contribution in [1.82, 2.24) is 4.98 Å². The van der Waals surface area contributed by atoms with Crippen LogP contribution in [0.15, 0.2) is 28.9 Å². The lowest BCUT2D eigenvalue weighted by Gasteiger charge is -2.19. The first kappa shape index (κ1) is 13.8. The maximum atomic E-state index is 12.2. The summed E-state index contributed by atoms with van der Waals surface area (Å²) >= 11 is 3.36. The molecule has 0 unspecified atom stereocenters. The Hall–Kier alpha value is -0.650. The molecule has 2 aromatic rings. The average molecular weight is 334 g/mol. The minimum Gasteiger partial charge on any atom is -0.376 e. The molecule has 0 saturated carbocycles. The molecule has 0 aliphatic rings. The number of fused-ring (bicyclic) bond motifs is 1. The third kappa shape index (κ3) is 2.27. The van der Waals surface area contributed by atoms with Crippen molar-refractivity contribution in [1.29, 1.82) is 0 Å². The van der Waals surface area contributed by atoms with Crippen LogP contribution in [0.3, 0.4) is 0 Å². The van der Waals surface area contributed by atoms with Gasteiger partial charge in [0.1, 0.15) is 0 Å². The van der Waals surface area contributed by atoms with Gasteiger partial charge in [-0.05, 0) is 18.2 Å². The molecule has 5 nitrogen and oxygen atoms in total. The van der Waals surface area contributed by atoms with Gasteiger partial charge in [-0.25, -0.2) is 0 Å². The summed E-state index contributed by atoms with van der Waals surface area (Å²) in [6.45, 7) is 0. The molecule has 0 bridgehead atoms. The van der Waals surface area contributed by atoms with Crippen molar-refractivity contribution in [2.45, 2.75) is 5.85 Å². The summed E-state index contributed by atoms with van der Waals surface area (Å²) in [5, 5.41) is 10.9. The van der Waals surface area contributed by atoms with Gasteiger partial charge < -0.3 is 19.1 Å². The van der Waals surface area contributed by atoms with Gasteiger partial charge in [0.2, 0.25) is 0 Å². The quantitative estimate of drug-likeness (QED) is 0.841. The van der Waals surface area contributed by atoms with Crippen molar-refractivity contribution in [3.05, 3.63) is 34.4 Å². The van der Waals surface area contributed by atoms with Crippen LogP contribution in [0.1, 0.15) is 11.4 Å². The van der Waals surface area contributed by atoms with E-state index in [9.17, 15) is 9.67 Å². The first-order valence-electron chi connectivity index (χ1n) is 5.17. The van der Waals surface area contributed by atoms with Crippen LogP contribution in [0.5, 0.6) is 0 Å². The molecule has 0 fully saturated rings. The molecule has 1 aromatic carbocycles. The smallest absolute Gasteiger partial charge is 0.362 e. The molecule has 0 amide bonds. The summed E-state index contributed by atoms with van der Waals surface area (Å²) in [7, 11) is -1.06. The van der Waals surface area contributed by atoms with Gasteiger partial charge in [-0.15, -0.1) is 0 Å². The molecule has 18 heavy (non-hydrogen) atoms. The first-order valence-corrected chi connectivity index (χ1v) is 7.58. The predicted molar refractivity (Wildman–Crippen MR) is 72.6 cm³/mol. The van der Waals surface area contributed by atoms with E-state index in [1.165, 1.54) is 14.2 Å².